The van der Waals surface area contributed by atoms with E-state index in [1.54, 1.807) is 18.2 Å². The summed E-state index contributed by atoms with van der Waals surface area (Å²) in [6.45, 7) is 6.40. The molecule has 9 nitrogen and oxygen atoms in total. The van der Waals surface area contributed by atoms with E-state index in [-0.39, 0.29) is 46.8 Å². The van der Waals surface area contributed by atoms with Crippen molar-refractivity contribution in [1.82, 2.24) is 25.2 Å². The van der Waals surface area contributed by atoms with Crippen molar-refractivity contribution in [2.45, 2.75) is 76.9 Å². The highest BCUT2D eigenvalue weighted by molar-refractivity contribution is 7.16. The van der Waals surface area contributed by atoms with Crippen LogP contribution in [0.25, 0.3) is 32.9 Å². The third kappa shape index (κ3) is 6.01. The van der Waals surface area contributed by atoms with Crippen LogP contribution in [0.15, 0.2) is 30.3 Å². The van der Waals surface area contributed by atoms with Crippen LogP contribution in [0.2, 0.25) is 10.0 Å². The lowest BCUT2D eigenvalue weighted by Crippen LogP contribution is -2.44. The van der Waals surface area contributed by atoms with Gasteiger partial charge in [0, 0.05) is 70.7 Å². The van der Waals surface area contributed by atoms with Gasteiger partial charge in [0.05, 0.1) is 39.4 Å². The van der Waals surface area contributed by atoms with E-state index in [2.05, 4.69) is 38.3 Å². The van der Waals surface area contributed by atoms with Crippen molar-refractivity contribution in [2.75, 3.05) is 24.5 Å². The van der Waals surface area contributed by atoms with Crippen LogP contribution < -0.4 is 10.2 Å². The molecule has 5 aromatic rings. The number of aromatic amines is 1. The van der Waals surface area contributed by atoms with Gasteiger partial charge in [-0.25, -0.2) is 14.4 Å². The van der Waals surface area contributed by atoms with Gasteiger partial charge in [-0.05, 0) is 88.6 Å². The van der Waals surface area contributed by atoms with Crippen molar-refractivity contribution in [1.29, 1.82) is 10.5 Å². The molecule has 7 heterocycles. The number of carbonyl (C=O) groups excluding carboxylic acids is 1. The SMILES string of the molecule is C1NC2CC1C2.Cc1nc(N2CC3CC(C2)N(C(=O)C2CC2)C3c2cc3c(C)nc4c(F)c(-c5cccc(Cl)c5Cl)c(CCC#N)cc4c3[nH]2)sc1C#N. The summed E-state index contributed by atoms with van der Waals surface area (Å²) in [6, 6.07) is 14.3. The van der Waals surface area contributed by atoms with Gasteiger partial charge in [-0.2, -0.15) is 10.5 Å². The van der Waals surface area contributed by atoms with Gasteiger partial charge in [0.2, 0.25) is 5.91 Å². The number of carbonyl (C=O) groups is 1. The van der Waals surface area contributed by atoms with Crippen LogP contribution in [-0.2, 0) is 11.2 Å². The van der Waals surface area contributed by atoms with E-state index in [1.807, 2.05) is 19.9 Å². The summed E-state index contributed by atoms with van der Waals surface area (Å²) in [7, 11) is 0. The fourth-order valence-corrected chi connectivity index (χ4v) is 10.4. The number of hydrogen-bond acceptors (Lipinski definition) is 8. The van der Waals surface area contributed by atoms with Crippen LogP contribution in [0.5, 0.6) is 0 Å². The molecule has 13 heteroatoms. The Hall–Kier alpha value is -4.26. The van der Waals surface area contributed by atoms with Gasteiger partial charge in [-0.1, -0.05) is 46.7 Å². The number of anilines is 1. The molecule has 6 fully saturated rings. The number of benzene rings is 2. The number of halogens is 3. The minimum absolute atomic E-state index is 0.0130. The normalized spacial score (nSPS) is 23.9. The molecule has 4 saturated heterocycles. The van der Waals surface area contributed by atoms with Crippen molar-refractivity contribution in [2.24, 2.45) is 17.8 Å². The number of fused-ring (bicyclic) bond motifs is 6. The van der Waals surface area contributed by atoms with Crippen molar-refractivity contribution < 1.29 is 9.18 Å². The van der Waals surface area contributed by atoms with Crippen molar-refractivity contribution in [3.8, 4) is 23.3 Å². The second kappa shape index (κ2) is 13.8. The smallest absolute Gasteiger partial charge is 0.226 e. The maximum Gasteiger partial charge on any atom is 0.226 e. The molecule has 1 amide bonds. The quantitative estimate of drug-likeness (QED) is 0.177. The zero-order chi connectivity index (χ0) is 37.4. The van der Waals surface area contributed by atoms with Gasteiger partial charge in [-0.15, -0.1) is 0 Å². The number of hydrogen-bond donors (Lipinski definition) is 2. The predicted molar refractivity (Wildman–Crippen MR) is 210 cm³/mol. The Balaban J connectivity index is 0.000000577. The van der Waals surface area contributed by atoms with E-state index in [9.17, 15) is 15.3 Å². The molecule has 11 rings (SSSR count). The number of nitrogens with zero attached hydrogens (tertiary/aromatic N) is 6. The highest BCUT2D eigenvalue weighted by Gasteiger charge is 2.52. The number of aryl methyl sites for hydroxylation is 3. The monoisotopic (exact) mass is 780 g/mol. The van der Waals surface area contributed by atoms with Gasteiger partial charge in [0.25, 0.3) is 0 Å². The molecule has 0 radical (unpaired) electrons. The molecule has 2 N–H and O–H groups in total. The largest absolute Gasteiger partial charge is 0.356 e. The first kappa shape index (κ1) is 35.4. The van der Waals surface area contributed by atoms with E-state index in [4.69, 9.17) is 33.2 Å². The molecule has 4 bridgehead atoms. The van der Waals surface area contributed by atoms with Crippen LogP contribution in [0.3, 0.4) is 0 Å². The molecule has 3 atom stereocenters. The summed E-state index contributed by atoms with van der Waals surface area (Å²) >= 11 is 14.3. The van der Waals surface area contributed by atoms with Crippen LogP contribution in [0.1, 0.15) is 72.1 Å². The summed E-state index contributed by atoms with van der Waals surface area (Å²) in [5.41, 5.74) is 4.64. The fraction of sp³-hybridized carbons (Fsp3) is 0.439. The lowest BCUT2D eigenvalue weighted by Gasteiger charge is -2.32. The Kier molecular flexibility index (Phi) is 9.05. The average Bonchev–Trinajstić information content (AvgIpc) is 3.54. The van der Waals surface area contributed by atoms with Gasteiger partial charge >= 0.3 is 0 Å². The number of thiazole rings is 1. The third-order valence-corrected chi connectivity index (χ3v) is 14.0. The molecule has 2 aromatic carbocycles. The topological polar surface area (TPSA) is 125 Å². The van der Waals surface area contributed by atoms with Crippen LogP contribution in [0.4, 0.5) is 9.52 Å². The lowest BCUT2D eigenvalue weighted by atomic mass is 9.87. The van der Waals surface area contributed by atoms with Crippen LogP contribution in [-0.4, -0.2) is 57.5 Å². The molecule has 3 unspecified atom stereocenters. The summed E-state index contributed by atoms with van der Waals surface area (Å²) in [4.78, 5) is 32.0. The average molecular weight is 782 g/mol. The highest BCUT2D eigenvalue weighted by Crippen LogP contribution is 2.49. The second-order valence-electron chi connectivity index (χ2n) is 15.6. The first-order valence-corrected chi connectivity index (χ1v) is 20.3. The molecule has 2 aliphatic carbocycles. The predicted octanol–water partition coefficient (Wildman–Crippen LogP) is 8.79. The fourth-order valence-electron chi connectivity index (χ4n) is 9.17. The molecule has 2 saturated carbocycles. The summed E-state index contributed by atoms with van der Waals surface area (Å²) in [6.07, 6.45) is 6.15. The molecule has 276 valence electrons. The molecule has 54 heavy (non-hydrogen) atoms. The molecular formula is C41H39Cl2FN8OS. The summed E-state index contributed by atoms with van der Waals surface area (Å²) in [5, 5.41) is 25.2. The van der Waals surface area contributed by atoms with Crippen molar-refractivity contribution in [3.05, 3.63) is 73.7 Å². The number of piperidine rings is 1. The molecule has 6 aliphatic rings. The number of rotatable bonds is 6. The van der Waals surface area contributed by atoms with Gasteiger partial charge in [0.15, 0.2) is 10.9 Å². The van der Waals surface area contributed by atoms with E-state index < -0.39 is 5.82 Å². The van der Waals surface area contributed by atoms with Crippen LogP contribution >= 0.6 is 34.5 Å². The maximum atomic E-state index is 16.7. The van der Waals surface area contributed by atoms with Gasteiger partial charge in [-0.3, -0.25) is 4.79 Å². The first-order chi connectivity index (χ1) is 26.1. The molecule has 3 aromatic heterocycles. The number of nitriles is 2. The third-order valence-electron chi connectivity index (χ3n) is 12.0. The summed E-state index contributed by atoms with van der Waals surface area (Å²) < 4.78 is 16.7. The van der Waals surface area contributed by atoms with Crippen molar-refractivity contribution >= 4 is 67.4 Å². The Morgan fingerprint density at radius 1 is 1.07 bits per heavy atom. The van der Waals surface area contributed by atoms with E-state index in [1.165, 1.54) is 30.7 Å². The Morgan fingerprint density at radius 2 is 1.89 bits per heavy atom. The Labute approximate surface area is 327 Å². The van der Waals surface area contributed by atoms with E-state index >= 15 is 4.39 Å². The molecule has 0 spiro atoms. The maximum absolute atomic E-state index is 16.7. The highest BCUT2D eigenvalue weighted by atomic mass is 35.5. The number of nitrogens with one attached hydrogen (secondary N) is 2. The Bertz CT molecular complexity index is 2410. The first-order valence-electron chi connectivity index (χ1n) is 18.8. The van der Waals surface area contributed by atoms with E-state index in [0.29, 0.717) is 57.2 Å². The minimum Gasteiger partial charge on any atom is -0.356 e. The zero-order valence-electron chi connectivity index (χ0n) is 30.1. The van der Waals surface area contributed by atoms with Gasteiger partial charge < -0.3 is 20.1 Å². The van der Waals surface area contributed by atoms with Crippen molar-refractivity contribution in [3.63, 3.8) is 0 Å². The second-order valence-corrected chi connectivity index (χ2v) is 17.3. The minimum atomic E-state index is -0.515. The summed E-state index contributed by atoms with van der Waals surface area (Å²) in [5.74, 6) is 0.936. The lowest BCUT2D eigenvalue weighted by molar-refractivity contribution is -0.135. The molecular weight excluding hydrogens is 742 g/mol. The molecule has 4 aliphatic heterocycles. The number of aromatic nitrogens is 3. The Morgan fingerprint density at radius 3 is 2.56 bits per heavy atom. The standard InChI is InChI=1S/C36H30Cl2FN7OS.C5H9N/c1-17-24-13-27(34-21-11-22(46(34)35(47)19-8-9-19)16-45(15-21)36-43-18(2)28(14-41)48-36)44-32(24)25-12-20(5-4-10-40)29(31(39)33(25)42-17)23-6-3-7-26(37)30(23)38;1-4-2-5(1)6-3-4/h3,6-7,12-13,19,21-22,34,44H,4-5,8-9,11,15-16H2,1-2H3;4-6H,1-3H2. The van der Waals surface area contributed by atoms with Gasteiger partial charge in [0.1, 0.15) is 16.5 Å². The number of amides is 1. The zero-order valence-corrected chi connectivity index (χ0v) is 32.4. The van der Waals surface area contributed by atoms with Crippen LogP contribution in [0, 0.1) is 60.1 Å². The van der Waals surface area contributed by atoms with E-state index in [0.717, 1.165) is 58.6 Å². The number of likely N-dealkylation sites (tertiary alicyclic amines) is 1. The number of pyridine rings is 1. The number of H-pyrrole nitrogens is 1.